The minimum atomic E-state index is -1.43. The average Bonchev–Trinajstić information content (AvgIpc) is 2.74. The van der Waals surface area contributed by atoms with E-state index in [1.165, 1.54) is 6.92 Å². The second-order valence-electron chi connectivity index (χ2n) is 7.12. The van der Waals surface area contributed by atoms with Crippen molar-refractivity contribution in [2.24, 2.45) is 0 Å². The summed E-state index contributed by atoms with van der Waals surface area (Å²) in [5, 5.41) is 9.64. The lowest BCUT2D eigenvalue weighted by atomic mass is 9.98. The Morgan fingerprint density at radius 3 is 1.94 bits per heavy atom. The van der Waals surface area contributed by atoms with E-state index in [0.717, 1.165) is 20.8 Å². The summed E-state index contributed by atoms with van der Waals surface area (Å²) in [6.07, 6.45) is -7.81. The zero-order valence-corrected chi connectivity index (χ0v) is 18.6. The zero-order valence-electron chi connectivity index (χ0n) is 18.6. The van der Waals surface area contributed by atoms with E-state index < -0.39 is 60.7 Å². The summed E-state index contributed by atoms with van der Waals surface area (Å²) < 4.78 is 32.6. The van der Waals surface area contributed by atoms with Crippen molar-refractivity contribution in [2.75, 3.05) is 6.61 Å². The van der Waals surface area contributed by atoms with Gasteiger partial charge in [0.1, 0.15) is 12.7 Å². The molecule has 0 bridgehead atoms. The van der Waals surface area contributed by atoms with Gasteiger partial charge in [0.25, 0.3) is 0 Å². The lowest BCUT2D eigenvalue weighted by Gasteiger charge is -2.44. The predicted octanol–water partition coefficient (Wildman–Crippen LogP) is 1.35. The Morgan fingerprint density at radius 1 is 0.879 bits per heavy atom. The molecule has 1 aliphatic heterocycles. The van der Waals surface area contributed by atoms with Gasteiger partial charge in [0, 0.05) is 27.7 Å². The summed E-state index contributed by atoms with van der Waals surface area (Å²) in [7, 11) is 0. The Morgan fingerprint density at radius 2 is 1.42 bits per heavy atom. The second-order valence-corrected chi connectivity index (χ2v) is 7.12. The molecule has 1 heterocycles. The molecule has 11 nitrogen and oxygen atoms in total. The number of esters is 4. The highest BCUT2D eigenvalue weighted by molar-refractivity contribution is 5.68. The molecule has 0 aliphatic carbocycles. The van der Waals surface area contributed by atoms with E-state index in [1.807, 2.05) is 6.07 Å². The van der Waals surface area contributed by atoms with Crippen LogP contribution in [0, 0.1) is 11.3 Å². The summed E-state index contributed by atoms with van der Waals surface area (Å²) in [6, 6.07) is 10.5. The predicted molar refractivity (Wildman–Crippen MR) is 108 cm³/mol. The third-order valence-electron chi connectivity index (χ3n) is 4.44. The van der Waals surface area contributed by atoms with Gasteiger partial charge < -0.3 is 28.4 Å². The monoisotopic (exact) mass is 463 g/mol. The lowest BCUT2D eigenvalue weighted by molar-refractivity contribution is -0.314. The normalized spacial score (nSPS) is 25.1. The molecule has 1 aromatic rings. The number of nitriles is 1. The number of hydrogen-bond donors (Lipinski definition) is 0. The number of carbonyl (C=O) groups excluding carboxylic acids is 4. The molecule has 1 fully saturated rings. The Balaban J connectivity index is 2.46. The van der Waals surface area contributed by atoms with Gasteiger partial charge in [-0.2, -0.15) is 5.26 Å². The van der Waals surface area contributed by atoms with Crippen LogP contribution in [0.15, 0.2) is 30.3 Å². The van der Waals surface area contributed by atoms with E-state index in [1.54, 1.807) is 30.3 Å². The molecule has 33 heavy (non-hydrogen) atoms. The minimum absolute atomic E-state index is 0.389. The van der Waals surface area contributed by atoms with E-state index in [2.05, 4.69) is 0 Å². The molecule has 1 saturated heterocycles. The van der Waals surface area contributed by atoms with E-state index >= 15 is 0 Å². The Hall–Kier alpha value is -3.49. The van der Waals surface area contributed by atoms with Gasteiger partial charge in [-0.15, -0.1) is 0 Å². The molecule has 1 aromatic carbocycles. The van der Waals surface area contributed by atoms with Crippen molar-refractivity contribution in [3.63, 3.8) is 0 Å². The first-order valence-corrected chi connectivity index (χ1v) is 10.0. The maximum Gasteiger partial charge on any atom is 0.303 e. The molecule has 11 heteroatoms. The molecule has 6 atom stereocenters. The maximum absolute atomic E-state index is 11.8. The van der Waals surface area contributed by atoms with Crippen molar-refractivity contribution < 1.29 is 47.6 Å². The van der Waals surface area contributed by atoms with Crippen molar-refractivity contribution in [3.05, 3.63) is 35.9 Å². The van der Waals surface area contributed by atoms with Gasteiger partial charge in [0.05, 0.1) is 6.07 Å². The van der Waals surface area contributed by atoms with E-state index in [9.17, 15) is 24.4 Å². The first kappa shape index (κ1) is 25.8. The zero-order chi connectivity index (χ0) is 24.5. The molecular weight excluding hydrogens is 438 g/mol. The average molecular weight is 463 g/mol. The maximum atomic E-state index is 11.8. The SMILES string of the molecule is CC(=O)OCC1OC(O[C@@H](C#N)c2ccccc2)C(OC(C)=O)C(OC(C)=O)C1OC(C)=O. The van der Waals surface area contributed by atoms with Crippen molar-refractivity contribution >= 4 is 23.9 Å². The number of carbonyl (C=O) groups is 4. The van der Waals surface area contributed by atoms with Crippen molar-refractivity contribution in [3.8, 4) is 6.07 Å². The molecule has 2 rings (SSSR count). The first-order valence-electron chi connectivity index (χ1n) is 10.0. The molecule has 0 radical (unpaired) electrons. The van der Waals surface area contributed by atoms with Gasteiger partial charge >= 0.3 is 23.9 Å². The molecule has 0 N–H and O–H groups in total. The quantitative estimate of drug-likeness (QED) is 0.406. The van der Waals surface area contributed by atoms with Gasteiger partial charge in [0.2, 0.25) is 6.29 Å². The van der Waals surface area contributed by atoms with Gasteiger partial charge in [-0.3, -0.25) is 19.2 Å². The van der Waals surface area contributed by atoms with Crippen LogP contribution in [0.2, 0.25) is 0 Å². The van der Waals surface area contributed by atoms with Crippen LogP contribution in [0.3, 0.4) is 0 Å². The second kappa shape index (κ2) is 11.9. The molecule has 0 amide bonds. The van der Waals surface area contributed by atoms with Gasteiger partial charge in [0.15, 0.2) is 24.4 Å². The van der Waals surface area contributed by atoms with Crippen LogP contribution < -0.4 is 0 Å². The third-order valence-corrected chi connectivity index (χ3v) is 4.44. The summed E-state index contributed by atoms with van der Waals surface area (Å²) in [4.78, 5) is 46.8. The van der Waals surface area contributed by atoms with Crippen LogP contribution in [0.25, 0.3) is 0 Å². The minimum Gasteiger partial charge on any atom is -0.463 e. The largest absolute Gasteiger partial charge is 0.463 e. The fourth-order valence-electron chi connectivity index (χ4n) is 3.24. The number of rotatable bonds is 8. The molecule has 0 saturated carbocycles. The highest BCUT2D eigenvalue weighted by Crippen LogP contribution is 2.32. The summed E-state index contributed by atoms with van der Waals surface area (Å²) >= 11 is 0. The Bertz CT molecular complexity index is 896. The van der Waals surface area contributed by atoms with Crippen molar-refractivity contribution in [2.45, 2.75) is 64.5 Å². The van der Waals surface area contributed by atoms with Gasteiger partial charge in [-0.1, -0.05) is 30.3 Å². The fourth-order valence-corrected chi connectivity index (χ4v) is 3.24. The first-order chi connectivity index (χ1) is 15.6. The van der Waals surface area contributed by atoms with Crippen LogP contribution in [0.1, 0.15) is 39.4 Å². The van der Waals surface area contributed by atoms with Crippen LogP contribution in [-0.4, -0.2) is 61.2 Å². The number of ether oxygens (including phenoxy) is 6. The highest BCUT2D eigenvalue weighted by Gasteiger charge is 2.53. The van der Waals surface area contributed by atoms with Crippen LogP contribution in [0.5, 0.6) is 0 Å². The summed E-state index contributed by atoms with van der Waals surface area (Å²) in [5.74, 6) is -2.90. The van der Waals surface area contributed by atoms with Crippen LogP contribution in [-0.2, 0) is 47.6 Å². The van der Waals surface area contributed by atoms with E-state index in [0.29, 0.717) is 5.56 Å². The van der Waals surface area contributed by atoms with E-state index in [4.69, 9.17) is 28.4 Å². The fraction of sp³-hybridized carbons (Fsp3) is 0.500. The number of benzene rings is 1. The summed E-state index contributed by atoms with van der Waals surface area (Å²) in [5.41, 5.74) is 0.493. The van der Waals surface area contributed by atoms with Crippen LogP contribution in [0.4, 0.5) is 0 Å². The Labute approximate surface area is 190 Å². The molecule has 5 unspecified atom stereocenters. The van der Waals surface area contributed by atoms with Gasteiger partial charge in [-0.05, 0) is 5.56 Å². The highest BCUT2D eigenvalue weighted by atomic mass is 16.7. The molecule has 178 valence electrons. The molecule has 0 aromatic heterocycles. The molecule has 0 spiro atoms. The lowest BCUT2D eigenvalue weighted by Crippen LogP contribution is -2.63. The molecule has 1 aliphatic rings. The Kier molecular flexibility index (Phi) is 9.32. The van der Waals surface area contributed by atoms with Gasteiger partial charge in [-0.25, -0.2) is 0 Å². The van der Waals surface area contributed by atoms with Crippen molar-refractivity contribution in [1.82, 2.24) is 0 Å². The smallest absolute Gasteiger partial charge is 0.303 e. The summed E-state index contributed by atoms with van der Waals surface area (Å²) in [6.45, 7) is 4.14. The number of nitrogens with zero attached hydrogens (tertiary/aromatic N) is 1. The third kappa shape index (κ3) is 7.55. The standard InChI is InChI=1S/C22H25NO10/c1-12(24)28-11-18-19(29-13(2)25)20(30-14(3)26)21(31-15(4)27)22(33-18)32-17(10-23)16-8-6-5-7-9-16/h5-9,17-22H,11H2,1-4H3/t17-,18?,19?,20?,21?,22?/m0/s1. The molecular formula is C22H25NO10. The van der Waals surface area contributed by atoms with E-state index in [-0.39, 0.29) is 6.61 Å². The topological polar surface area (TPSA) is 147 Å². The van der Waals surface area contributed by atoms with Crippen LogP contribution >= 0.6 is 0 Å². The number of hydrogen-bond acceptors (Lipinski definition) is 11. The van der Waals surface area contributed by atoms with Crippen molar-refractivity contribution in [1.29, 1.82) is 5.26 Å².